The molecule has 0 saturated carbocycles. The molecule has 1 aromatic heterocycles. The zero-order chi connectivity index (χ0) is 15.9. The molecule has 0 radical (unpaired) electrons. The second-order valence-electron chi connectivity index (χ2n) is 6.08. The largest absolute Gasteiger partial charge is 0.459 e. The van der Waals surface area contributed by atoms with Crippen molar-refractivity contribution in [3.63, 3.8) is 0 Å². The minimum atomic E-state index is -0.0777. The first-order valence-electron chi connectivity index (χ1n) is 7.88. The van der Waals surface area contributed by atoms with E-state index in [9.17, 15) is 9.59 Å². The fourth-order valence-corrected chi connectivity index (χ4v) is 2.42. The van der Waals surface area contributed by atoms with E-state index >= 15 is 0 Å². The fraction of sp³-hybridized carbons (Fsp3) is 0.625. The standard InChI is InChI=1S/C16H25N3O3/c1-13(2)5-6-17-15(20)12-18-7-9-19(10-8-18)16(21)14-4-3-11-22-14/h3-4,11,13H,5-10,12H2,1-2H3,(H,17,20). The Labute approximate surface area is 131 Å². The molecule has 1 aliphatic heterocycles. The zero-order valence-corrected chi connectivity index (χ0v) is 13.4. The molecule has 2 amide bonds. The summed E-state index contributed by atoms with van der Waals surface area (Å²) in [6.45, 7) is 8.09. The summed E-state index contributed by atoms with van der Waals surface area (Å²) in [4.78, 5) is 27.8. The summed E-state index contributed by atoms with van der Waals surface area (Å²) in [5.74, 6) is 0.953. The van der Waals surface area contributed by atoms with Crippen LogP contribution in [0.1, 0.15) is 30.8 Å². The number of furan rings is 1. The van der Waals surface area contributed by atoms with Gasteiger partial charge in [0.15, 0.2) is 5.76 Å². The molecule has 1 saturated heterocycles. The highest BCUT2D eigenvalue weighted by Gasteiger charge is 2.24. The molecule has 2 heterocycles. The molecule has 0 aromatic carbocycles. The first-order chi connectivity index (χ1) is 10.6. The second-order valence-corrected chi connectivity index (χ2v) is 6.08. The number of hydrogen-bond acceptors (Lipinski definition) is 4. The van der Waals surface area contributed by atoms with Crippen LogP contribution in [-0.2, 0) is 4.79 Å². The summed E-state index contributed by atoms with van der Waals surface area (Å²) in [5, 5.41) is 2.94. The van der Waals surface area contributed by atoms with Crippen LogP contribution in [0.3, 0.4) is 0 Å². The van der Waals surface area contributed by atoms with E-state index in [1.54, 1.807) is 17.0 Å². The van der Waals surface area contributed by atoms with Gasteiger partial charge in [-0.3, -0.25) is 14.5 Å². The van der Waals surface area contributed by atoms with Gasteiger partial charge in [0.05, 0.1) is 12.8 Å². The van der Waals surface area contributed by atoms with E-state index in [0.29, 0.717) is 44.4 Å². The van der Waals surface area contributed by atoms with Gasteiger partial charge in [0.2, 0.25) is 5.91 Å². The molecule has 0 spiro atoms. The molecule has 1 aromatic rings. The van der Waals surface area contributed by atoms with Crippen LogP contribution in [0.5, 0.6) is 0 Å². The third-order valence-electron chi connectivity index (χ3n) is 3.80. The Balaban J connectivity index is 1.69. The van der Waals surface area contributed by atoms with Gasteiger partial charge in [-0.15, -0.1) is 0 Å². The van der Waals surface area contributed by atoms with E-state index in [1.807, 2.05) is 0 Å². The predicted octanol–water partition coefficient (Wildman–Crippen LogP) is 1.20. The van der Waals surface area contributed by atoms with E-state index in [2.05, 4.69) is 24.1 Å². The lowest BCUT2D eigenvalue weighted by Crippen LogP contribution is -2.51. The Morgan fingerprint density at radius 2 is 2.00 bits per heavy atom. The van der Waals surface area contributed by atoms with Crippen LogP contribution in [0, 0.1) is 5.92 Å². The maximum Gasteiger partial charge on any atom is 0.289 e. The number of piperazine rings is 1. The smallest absolute Gasteiger partial charge is 0.289 e. The fourth-order valence-electron chi connectivity index (χ4n) is 2.42. The lowest BCUT2D eigenvalue weighted by molar-refractivity contribution is -0.122. The van der Waals surface area contributed by atoms with Crippen molar-refractivity contribution in [2.45, 2.75) is 20.3 Å². The Bertz CT molecular complexity index is 477. The van der Waals surface area contributed by atoms with Crippen molar-refractivity contribution in [3.8, 4) is 0 Å². The van der Waals surface area contributed by atoms with Gasteiger partial charge in [-0.05, 0) is 24.5 Å². The first kappa shape index (κ1) is 16.5. The highest BCUT2D eigenvalue weighted by molar-refractivity contribution is 5.91. The van der Waals surface area contributed by atoms with Gasteiger partial charge < -0.3 is 14.6 Å². The van der Waals surface area contributed by atoms with Crippen LogP contribution < -0.4 is 5.32 Å². The molecule has 0 atom stereocenters. The van der Waals surface area contributed by atoms with E-state index in [0.717, 1.165) is 13.0 Å². The van der Waals surface area contributed by atoms with E-state index < -0.39 is 0 Å². The molecule has 1 aliphatic rings. The molecule has 6 nitrogen and oxygen atoms in total. The third kappa shape index (κ3) is 4.87. The number of nitrogens with one attached hydrogen (secondary N) is 1. The van der Waals surface area contributed by atoms with Gasteiger partial charge in [-0.1, -0.05) is 13.8 Å². The predicted molar refractivity (Wildman–Crippen MR) is 83.5 cm³/mol. The van der Waals surface area contributed by atoms with Gasteiger partial charge >= 0.3 is 0 Å². The second kappa shape index (κ2) is 7.98. The number of carbonyl (C=O) groups is 2. The topological polar surface area (TPSA) is 65.8 Å². The summed E-state index contributed by atoms with van der Waals surface area (Å²) in [6, 6.07) is 3.39. The monoisotopic (exact) mass is 307 g/mol. The maximum atomic E-state index is 12.1. The minimum absolute atomic E-state index is 0.0615. The van der Waals surface area contributed by atoms with E-state index in [4.69, 9.17) is 4.42 Å². The number of amides is 2. The Morgan fingerprint density at radius 1 is 1.27 bits per heavy atom. The highest BCUT2D eigenvalue weighted by atomic mass is 16.3. The molecule has 0 bridgehead atoms. The SMILES string of the molecule is CC(C)CCNC(=O)CN1CCN(C(=O)c2ccco2)CC1. The average molecular weight is 307 g/mol. The molecular weight excluding hydrogens is 282 g/mol. The number of carbonyl (C=O) groups excluding carboxylic acids is 2. The minimum Gasteiger partial charge on any atom is -0.459 e. The summed E-state index contributed by atoms with van der Waals surface area (Å²) < 4.78 is 5.13. The van der Waals surface area contributed by atoms with E-state index in [-0.39, 0.29) is 11.8 Å². The number of rotatable bonds is 6. The van der Waals surface area contributed by atoms with Crippen molar-refractivity contribution in [1.29, 1.82) is 0 Å². The van der Waals surface area contributed by atoms with Gasteiger partial charge in [-0.2, -0.15) is 0 Å². The van der Waals surface area contributed by atoms with Crippen molar-refractivity contribution in [2.24, 2.45) is 5.92 Å². The Morgan fingerprint density at radius 3 is 2.59 bits per heavy atom. The molecule has 0 unspecified atom stereocenters. The molecule has 22 heavy (non-hydrogen) atoms. The summed E-state index contributed by atoms with van der Waals surface area (Å²) in [7, 11) is 0. The normalized spacial score (nSPS) is 16.0. The molecule has 2 rings (SSSR count). The van der Waals surface area contributed by atoms with Crippen LogP contribution in [0.2, 0.25) is 0 Å². The molecule has 1 fully saturated rings. The molecule has 0 aliphatic carbocycles. The number of nitrogens with zero attached hydrogens (tertiary/aromatic N) is 2. The number of hydrogen-bond donors (Lipinski definition) is 1. The third-order valence-corrected chi connectivity index (χ3v) is 3.80. The lowest BCUT2D eigenvalue weighted by Gasteiger charge is -2.33. The Kier molecular flexibility index (Phi) is 6.00. The van der Waals surface area contributed by atoms with Gasteiger partial charge in [0, 0.05) is 32.7 Å². The molecule has 122 valence electrons. The molecular formula is C16H25N3O3. The van der Waals surface area contributed by atoms with Gasteiger partial charge in [-0.25, -0.2) is 0 Å². The van der Waals surface area contributed by atoms with Crippen LogP contribution in [0.15, 0.2) is 22.8 Å². The maximum absolute atomic E-state index is 12.1. The van der Waals surface area contributed by atoms with Crippen molar-refractivity contribution >= 4 is 11.8 Å². The van der Waals surface area contributed by atoms with Crippen LogP contribution in [-0.4, -0.2) is 60.9 Å². The molecule has 1 N–H and O–H groups in total. The summed E-state index contributed by atoms with van der Waals surface area (Å²) in [5.41, 5.74) is 0. The summed E-state index contributed by atoms with van der Waals surface area (Å²) >= 11 is 0. The van der Waals surface area contributed by atoms with Crippen molar-refractivity contribution in [2.75, 3.05) is 39.3 Å². The zero-order valence-electron chi connectivity index (χ0n) is 13.4. The lowest BCUT2D eigenvalue weighted by atomic mass is 10.1. The van der Waals surface area contributed by atoms with Crippen molar-refractivity contribution in [3.05, 3.63) is 24.2 Å². The average Bonchev–Trinajstić information content (AvgIpc) is 3.01. The Hall–Kier alpha value is -1.82. The highest BCUT2D eigenvalue weighted by Crippen LogP contribution is 2.09. The van der Waals surface area contributed by atoms with Crippen LogP contribution in [0.25, 0.3) is 0 Å². The van der Waals surface area contributed by atoms with Crippen LogP contribution >= 0.6 is 0 Å². The molecule has 6 heteroatoms. The first-order valence-corrected chi connectivity index (χ1v) is 7.88. The van der Waals surface area contributed by atoms with E-state index in [1.165, 1.54) is 6.26 Å². The van der Waals surface area contributed by atoms with Gasteiger partial charge in [0.1, 0.15) is 0 Å². The van der Waals surface area contributed by atoms with Gasteiger partial charge in [0.25, 0.3) is 5.91 Å². The van der Waals surface area contributed by atoms with Crippen molar-refractivity contribution in [1.82, 2.24) is 15.1 Å². The summed E-state index contributed by atoms with van der Waals surface area (Å²) in [6.07, 6.45) is 2.50. The quantitative estimate of drug-likeness (QED) is 0.857. The van der Waals surface area contributed by atoms with Crippen LogP contribution in [0.4, 0.5) is 0 Å². The van der Waals surface area contributed by atoms with Crippen molar-refractivity contribution < 1.29 is 14.0 Å².